The molecule has 0 radical (unpaired) electrons. The summed E-state index contributed by atoms with van der Waals surface area (Å²) >= 11 is 0. The number of phenols is 1. The van der Waals surface area contributed by atoms with Gasteiger partial charge in [-0.1, -0.05) is 6.07 Å². The summed E-state index contributed by atoms with van der Waals surface area (Å²) in [5, 5.41) is 9.96. The van der Waals surface area contributed by atoms with Gasteiger partial charge in [0.1, 0.15) is 28.2 Å². The molecule has 6 heteroatoms. The van der Waals surface area contributed by atoms with Gasteiger partial charge in [-0.2, -0.15) is 0 Å². The van der Waals surface area contributed by atoms with Gasteiger partial charge in [-0.3, -0.25) is 9.78 Å². The third-order valence-corrected chi connectivity index (χ3v) is 3.98. The minimum Gasteiger partial charge on any atom is -0.507 e. The molecule has 0 bridgehead atoms. The molecule has 2 aromatic carbocycles. The number of rotatable bonds is 3. The van der Waals surface area contributed by atoms with Gasteiger partial charge in [0.25, 0.3) is 0 Å². The van der Waals surface area contributed by atoms with Gasteiger partial charge in [-0.05, 0) is 48.5 Å². The van der Waals surface area contributed by atoms with Crippen LogP contribution in [0.25, 0.3) is 22.3 Å². The maximum atomic E-state index is 12.3. The van der Waals surface area contributed by atoms with Crippen LogP contribution in [-0.4, -0.2) is 16.1 Å². The molecule has 0 atom stereocenters. The van der Waals surface area contributed by atoms with Crippen LogP contribution in [-0.2, 0) is 0 Å². The Labute approximate surface area is 153 Å². The molecule has 2 aromatic heterocycles. The van der Waals surface area contributed by atoms with E-state index in [1.807, 2.05) is 0 Å². The molecule has 0 aliphatic heterocycles. The van der Waals surface area contributed by atoms with Gasteiger partial charge >= 0.3 is 5.97 Å². The summed E-state index contributed by atoms with van der Waals surface area (Å²) in [6, 6.07) is 15.8. The summed E-state index contributed by atoms with van der Waals surface area (Å²) in [4.78, 5) is 28.2. The maximum Gasteiger partial charge on any atom is 0.345 e. The topological polar surface area (TPSA) is 89.6 Å². The zero-order chi connectivity index (χ0) is 18.8. The standard InChI is InChI=1S/C21H13NO5/c23-16-4-1-5-18-20(16)17(24)11-19(27-18)13-6-8-15(9-7-13)26-21(25)14-3-2-10-22-12-14/h1-12,23H. The number of carbonyl (C=O) groups excluding carboxylic acids is 1. The third-order valence-electron chi connectivity index (χ3n) is 3.98. The van der Waals surface area contributed by atoms with Gasteiger partial charge in [-0.15, -0.1) is 0 Å². The van der Waals surface area contributed by atoms with Gasteiger partial charge in [0.15, 0.2) is 5.43 Å². The van der Waals surface area contributed by atoms with Gasteiger partial charge in [0.2, 0.25) is 0 Å². The molecule has 6 nitrogen and oxygen atoms in total. The van der Waals surface area contributed by atoms with Crippen LogP contribution in [0.5, 0.6) is 11.5 Å². The Morgan fingerprint density at radius 2 is 1.85 bits per heavy atom. The number of aromatic hydroxyl groups is 1. The quantitative estimate of drug-likeness (QED) is 0.442. The number of esters is 1. The van der Waals surface area contributed by atoms with Crippen molar-refractivity contribution >= 4 is 16.9 Å². The van der Waals surface area contributed by atoms with Crippen molar-refractivity contribution in [3.05, 3.63) is 88.8 Å². The molecular formula is C21H13NO5. The molecule has 0 aliphatic rings. The van der Waals surface area contributed by atoms with Crippen molar-refractivity contribution in [1.82, 2.24) is 4.98 Å². The molecule has 1 N–H and O–H groups in total. The van der Waals surface area contributed by atoms with Crippen LogP contribution >= 0.6 is 0 Å². The lowest BCUT2D eigenvalue weighted by Gasteiger charge is -2.06. The number of benzene rings is 2. The van der Waals surface area contributed by atoms with E-state index in [2.05, 4.69) is 4.98 Å². The Morgan fingerprint density at radius 1 is 1.04 bits per heavy atom. The summed E-state index contributed by atoms with van der Waals surface area (Å²) in [7, 11) is 0. The molecule has 0 aliphatic carbocycles. The van der Waals surface area contributed by atoms with E-state index >= 15 is 0 Å². The fourth-order valence-electron chi connectivity index (χ4n) is 2.67. The fraction of sp³-hybridized carbons (Fsp3) is 0. The van der Waals surface area contributed by atoms with E-state index in [1.54, 1.807) is 54.7 Å². The molecule has 2 heterocycles. The Hall–Kier alpha value is -3.93. The van der Waals surface area contributed by atoms with Crippen LogP contribution in [0.3, 0.4) is 0 Å². The molecule has 0 saturated carbocycles. The molecular weight excluding hydrogens is 346 g/mol. The van der Waals surface area contributed by atoms with Gasteiger partial charge < -0.3 is 14.3 Å². The Bertz CT molecular complexity index is 1180. The number of phenolic OH excluding ortho intramolecular Hbond substituents is 1. The molecule has 4 rings (SSSR count). The number of aromatic nitrogens is 1. The molecule has 0 unspecified atom stereocenters. The van der Waals surface area contributed by atoms with Crippen molar-refractivity contribution in [3.8, 4) is 22.8 Å². The van der Waals surface area contributed by atoms with Crippen LogP contribution in [0.2, 0.25) is 0 Å². The lowest BCUT2D eigenvalue weighted by molar-refractivity contribution is 0.0734. The summed E-state index contributed by atoms with van der Waals surface area (Å²) in [5.41, 5.74) is 0.946. The third kappa shape index (κ3) is 3.28. The molecule has 0 saturated heterocycles. The number of fused-ring (bicyclic) bond motifs is 1. The van der Waals surface area contributed by atoms with Crippen LogP contribution < -0.4 is 10.2 Å². The predicted molar refractivity (Wildman–Crippen MR) is 98.8 cm³/mol. The minimum absolute atomic E-state index is 0.120. The van der Waals surface area contributed by atoms with Crippen LogP contribution in [0.4, 0.5) is 0 Å². The average molecular weight is 359 g/mol. The number of hydrogen-bond donors (Lipinski definition) is 1. The lowest BCUT2D eigenvalue weighted by Crippen LogP contribution is -2.08. The molecule has 27 heavy (non-hydrogen) atoms. The smallest absolute Gasteiger partial charge is 0.345 e. The van der Waals surface area contributed by atoms with E-state index in [-0.39, 0.29) is 16.6 Å². The highest BCUT2D eigenvalue weighted by atomic mass is 16.5. The van der Waals surface area contributed by atoms with E-state index < -0.39 is 5.97 Å². The van der Waals surface area contributed by atoms with E-state index in [0.717, 1.165) is 0 Å². The van der Waals surface area contributed by atoms with E-state index in [9.17, 15) is 14.7 Å². The monoisotopic (exact) mass is 359 g/mol. The normalized spacial score (nSPS) is 10.7. The van der Waals surface area contributed by atoms with E-state index in [0.29, 0.717) is 28.2 Å². The largest absolute Gasteiger partial charge is 0.507 e. The van der Waals surface area contributed by atoms with Crippen molar-refractivity contribution in [2.45, 2.75) is 0 Å². The van der Waals surface area contributed by atoms with Crippen LogP contribution in [0.1, 0.15) is 10.4 Å². The molecule has 132 valence electrons. The number of ether oxygens (including phenoxy) is 1. The fourth-order valence-corrected chi connectivity index (χ4v) is 2.67. The van der Waals surface area contributed by atoms with Gasteiger partial charge in [0, 0.05) is 24.0 Å². The van der Waals surface area contributed by atoms with E-state index in [1.165, 1.54) is 18.3 Å². The van der Waals surface area contributed by atoms with Crippen LogP contribution in [0, 0.1) is 0 Å². The summed E-state index contributed by atoms with van der Waals surface area (Å²) in [6.45, 7) is 0. The maximum absolute atomic E-state index is 12.3. The van der Waals surface area contributed by atoms with Gasteiger partial charge in [-0.25, -0.2) is 4.79 Å². The first-order valence-electron chi connectivity index (χ1n) is 8.10. The highest BCUT2D eigenvalue weighted by Gasteiger charge is 2.11. The number of pyridine rings is 1. The van der Waals surface area contributed by atoms with Crippen LogP contribution in [0.15, 0.2) is 82.3 Å². The van der Waals surface area contributed by atoms with Crippen molar-refractivity contribution in [1.29, 1.82) is 0 Å². The van der Waals surface area contributed by atoms with E-state index in [4.69, 9.17) is 9.15 Å². The Balaban J connectivity index is 1.62. The lowest BCUT2D eigenvalue weighted by atomic mass is 10.1. The number of nitrogens with zero attached hydrogens (tertiary/aromatic N) is 1. The second-order valence-corrected chi connectivity index (χ2v) is 5.78. The number of carbonyl (C=O) groups is 1. The highest BCUT2D eigenvalue weighted by molar-refractivity contribution is 5.90. The summed E-state index contributed by atoms with van der Waals surface area (Å²) in [6.07, 6.45) is 3.00. The molecule has 0 fully saturated rings. The first-order valence-corrected chi connectivity index (χ1v) is 8.10. The first kappa shape index (κ1) is 16.5. The first-order chi connectivity index (χ1) is 13.1. The molecule has 0 spiro atoms. The SMILES string of the molecule is O=C(Oc1ccc(-c2cc(=O)c3c(O)cccc3o2)cc1)c1cccnc1. The minimum atomic E-state index is -0.511. The second-order valence-electron chi connectivity index (χ2n) is 5.78. The highest BCUT2D eigenvalue weighted by Crippen LogP contribution is 2.27. The van der Waals surface area contributed by atoms with Crippen molar-refractivity contribution in [2.75, 3.05) is 0 Å². The predicted octanol–water partition coefficient (Wildman–Crippen LogP) is 3.78. The Morgan fingerprint density at radius 3 is 2.59 bits per heavy atom. The van der Waals surface area contributed by atoms with Crippen molar-refractivity contribution < 1.29 is 19.1 Å². The molecule has 0 amide bonds. The zero-order valence-corrected chi connectivity index (χ0v) is 14.0. The van der Waals surface area contributed by atoms with Crippen molar-refractivity contribution in [2.24, 2.45) is 0 Å². The second kappa shape index (κ2) is 6.76. The average Bonchev–Trinajstić information content (AvgIpc) is 2.69. The zero-order valence-electron chi connectivity index (χ0n) is 14.0. The summed E-state index contributed by atoms with van der Waals surface area (Å²) in [5.74, 6) is 0.0747. The van der Waals surface area contributed by atoms with Crippen molar-refractivity contribution in [3.63, 3.8) is 0 Å². The number of hydrogen-bond acceptors (Lipinski definition) is 6. The Kier molecular flexibility index (Phi) is 4.14. The van der Waals surface area contributed by atoms with Gasteiger partial charge in [0.05, 0.1) is 5.56 Å². The summed E-state index contributed by atoms with van der Waals surface area (Å²) < 4.78 is 11.0. The molecule has 4 aromatic rings.